The van der Waals surface area contributed by atoms with Gasteiger partial charge < -0.3 is 15.5 Å². The van der Waals surface area contributed by atoms with Gasteiger partial charge in [0.25, 0.3) is 0 Å². The SMILES string of the molecule is CC1CC(C)CC(NC(=O)C2CN(c3c4c(nc5ccnn35)CCNCC4)C2)C1. The van der Waals surface area contributed by atoms with Gasteiger partial charge in [0, 0.05) is 43.7 Å². The Morgan fingerprint density at radius 2 is 1.90 bits per heavy atom. The van der Waals surface area contributed by atoms with Gasteiger partial charge in [-0.3, -0.25) is 4.79 Å². The molecule has 2 aliphatic heterocycles. The minimum absolute atomic E-state index is 0.0702. The van der Waals surface area contributed by atoms with E-state index in [0.29, 0.717) is 17.9 Å². The fourth-order valence-corrected chi connectivity index (χ4v) is 5.54. The molecule has 29 heavy (non-hydrogen) atoms. The standard InChI is InChI=1S/C22H32N6O/c1-14-9-15(2)11-17(10-14)25-21(29)16-12-27(13-16)22-18-3-6-23-7-4-19(18)26-20-5-8-24-28(20)22/h5,8,14-17,23H,3-4,6-7,9-13H2,1-2H3,(H,25,29). The smallest absolute Gasteiger partial charge is 0.226 e. The number of hydrogen-bond donors (Lipinski definition) is 2. The predicted octanol–water partition coefficient (Wildman–Crippen LogP) is 1.79. The van der Waals surface area contributed by atoms with Crippen LogP contribution in [-0.4, -0.2) is 52.7 Å². The maximum atomic E-state index is 12.9. The van der Waals surface area contributed by atoms with E-state index in [0.717, 1.165) is 63.3 Å². The molecule has 5 rings (SSSR count). The zero-order chi connectivity index (χ0) is 20.0. The van der Waals surface area contributed by atoms with Crippen molar-refractivity contribution in [3.8, 4) is 0 Å². The summed E-state index contributed by atoms with van der Waals surface area (Å²) >= 11 is 0. The van der Waals surface area contributed by atoms with Gasteiger partial charge in [0.2, 0.25) is 5.91 Å². The van der Waals surface area contributed by atoms with E-state index in [-0.39, 0.29) is 11.8 Å². The second kappa shape index (κ2) is 7.59. The van der Waals surface area contributed by atoms with Gasteiger partial charge in [-0.05, 0) is 44.1 Å². The molecule has 2 aromatic heterocycles. The highest BCUT2D eigenvalue weighted by Crippen LogP contribution is 2.32. The Morgan fingerprint density at radius 3 is 2.69 bits per heavy atom. The van der Waals surface area contributed by atoms with Gasteiger partial charge >= 0.3 is 0 Å². The number of anilines is 1. The molecule has 2 unspecified atom stereocenters. The van der Waals surface area contributed by atoms with Gasteiger partial charge in [-0.25, -0.2) is 4.98 Å². The summed E-state index contributed by atoms with van der Waals surface area (Å²) in [5.74, 6) is 2.85. The van der Waals surface area contributed by atoms with E-state index in [1.807, 2.05) is 16.8 Å². The quantitative estimate of drug-likeness (QED) is 0.828. The molecule has 7 nitrogen and oxygen atoms in total. The van der Waals surface area contributed by atoms with Crippen LogP contribution in [0.15, 0.2) is 12.3 Å². The van der Waals surface area contributed by atoms with Crippen molar-refractivity contribution in [1.29, 1.82) is 0 Å². The lowest BCUT2D eigenvalue weighted by molar-refractivity contribution is -0.126. The van der Waals surface area contributed by atoms with E-state index in [4.69, 9.17) is 4.98 Å². The van der Waals surface area contributed by atoms with Gasteiger partial charge in [-0.1, -0.05) is 13.8 Å². The van der Waals surface area contributed by atoms with Crippen LogP contribution < -0.4 is 15.5 Å². The molecule has 4 heterocycles. The monoisotopic (exact) mass is 396 g/mol. The molecule has 1 saturated heterocycles. The van der Waals surface area contributed by atoms with Gasteiger partial charge in [-0.15, -0.1) is 0 Å². The minimum Gasteiger partial charge on any atom is -0.354 e. The second-order valence-electron chi connectivity index (χ2n) is 9.44. The lowest BCUT2D eigenvalue weighted by Crippen LogP contribution is -2.56. The molecule has 2 N–H and O–H groups in total. The van der Waals surface area contributed by atoms with Crippen molar-refractivity contribution in [2.45, 2.75) is 52.0 Å². The maximum absolute atomic E-state index is 12.9. The zero-order valence-electron chi connectivity index (χ0n) is 17.5. The Labute approximate surface area is 172 Å². The van der Waals surface area contributed by atoms with Crippen LogP contribution in [0, 0.1) is 17.8 Å². The van der Waals surface area contributed by atoms with Crippen LogP contribution in [0.2, 0.25) is 0 Å². The molecule has 0 aromatic carbocycles. The molecule has 1 aliphatic carbocycles. The van der Waals surface area contributed by atoms with Crippen LogP contribution in [0.25, 0.3) is 5.65 Å². The summed E-state index contributed by atoms with van der Waals surface area (Å²) in [6, 6.07) is 2.31. The Hall–Kier alpha value is -2.15. The fraction of sp³-hybridized carbons (Fsp3) is 0.682. The van der Waals surface area contributed by atoms with E-state index >= 15 is 0 Å². The first-order chi connectivity index (χ1) is 14.1. The summed E-state index contributed by atoms with van der Waals surface area (Å²) in [6.07, 6.45) is 7.24. The van der Waals surface area contributed by atoms with Crippen LogP contribution >= 0.6 is 0 Å². The van der Waals surface area contributed by atoms with Crippen LogP contribution in [0.1, 0.15) is 44.4 Å². The van der Waals surface area contributed by atoms with Gasteiger partial charge in [0.15, 0.2) is 5.65 Å². The van der Waals surface area contributed by atoms with Gasteiger partial charge in [-0.2, -0.15) is 9.61 Å². The number of nitrogens with zero attached hydrogens (tertiary/aromatic N) is 4. The number of aromatic nitrogens is 3. The molecule has 2 fully saturated rings. The van der Waals surface area contributed by atoms with Crippen molar-refractivity contribution >= 4 is 17.4 Å². The molecule has 2 atom stereocenters. The number of carbonyl (C=O) groups is 1. The van der Waals surface area contributed by atoms with Gasteiger partial charge in [0.05, 0.1) is 17.8 Å². The summed E-state index contributed by atoms with van der Waals surface area (Å²) < 4.78 is 1.96. The number of rotatable bonds is 3. The molecule has 1 amide bonds. The van der Waals surface area contributed by atoms with E-state index < -0.39 is 0 Å². The van der Waals surface area contributed by atoms with E-state index in [2.05, 4.69) is 34.5 Å². The number of hydrogen-bond acceptors (Lipinski definition) is 5. The summed E-state index contributed by atoms with van der Waals surface area (Å²) in [5.41, 5.74) is 3.37. The second-order valence-corrected chi connectivity index (χ2v) is 9.44. The normalized spacial score (nSPS) is 27.9. The molecule has 0 bridgehead atoms. The van der Waals surface area contributed by atoms with Crippen LogP contribution in [0.4, 0.5) is 5.82 Å². The van der Waals surface area contributed by atoms with Crippen LogP contribution in [0.5, 0.6) is 0 Å². The summed E-state index contributed by atoms with van der Waals surface area (Å²) in [7, 11) is 0. The summed E-state index contributed by atoms with van der Waals surface area (Å²) in [6.45, 7) is 8.07. The number of amides is 1. The van der Waals surface area contributed by atoms with E-state index in [9.17, 15) is 4.79 Å². The zero-order valence-corrected chi connectivity index (χ0v) is 17.5. The highest BCUT2D eigenvalue weighted by Gasteiger charge is 2.37. The lowest BCUT2D eigenvalue weighted by Gasteiger charge is -2.42. The molecule has 3 aliphatic rings. The molecule has 1 saturated carbocycles. The highest BCUT2D eigenvalue weighted by molar-refractivity contribution is 5.82. The van der Waals surface area contributed by atoms with Crippen molar-refractivity contribution in [1.82, 2.24) is 25.2 Å². The molecular formula is C22H32N6O. The third-order valence-corrected chi connectivity index (χ3v) is 6.86. The predicted molar refractivity (Wildman–Crippen MR) is 113 cm³/mol. The van der Waals surface area contributed by atoms with Crippen LogP contribution in [0.3, 0.4) is 0 Å². The summed E-state index contributed by atoms with van der Waals surface area (Å²) in [4.78, 5) is 20.0. The molecule has 156 valence electrons. The average Bonchev–Trinajstić information content (AvgIpc) is 2.96. The van der Waals surface area contributed by atoms with Gasteiger partial charge in [0.1, 0.15) is 5.82 Å². The van der Waals surface area contributed by atoms with Crippen molar-refractivity contribution < 1.29 is 4.79 Å². The first-order valence-corrected chi connectivity index (χ1v) is 11.2. The molecule has 7 heteroatoms. The number of nitrogens with one attached hydrogen (secondary N) is 2. The summed E-state index contributed by atoms with van der Waals surface area (Å²) in [5, 5.41) is 11.4. The molecular weight excluding hydrogens is 364 g/mol. The van der Waals surface area contributed by atoms with Crippen molar-refractivity contribution in [3.63, 3.8) is 0 Å². The third kappa shape index (κ3) is 3.61. The van der Waals surface area contributed by atoms with Crippen molar-refractivity contribution in [3.05, 3.63) is 23.5 Å². The maximum Gasteiger partial charge on any atom is 0.226 e. The van der Waals surface area contributed by atoms with Crippen molar-refractivity contribution in [2.75, 3.05) is 31.1 Å². The largest absolute Gasteiger partial charge is 0.354 e. The van der Waals surface area contributed by atoms with Crippen molar-refractivity contribution in [2.24, 2.45) is 17.8 Å². The molecule has 0 spiro atoms. The van der Waals surface area contributed by atoms with E-state index in [1.165, 1.54) is 17.7 Å². The highest BCUT2D eigenvalue weighted by atomic mass is 16.2. The fourth-order valence-electron chi connectivity index (χ4n) is 5.54. The lowest BCUT2D eigenvalue weighted by atomic mass is 9.80. The molecule has 0 radical (unpaired) electrons. The Morgan fingerprint density at radius 1 is 1.14 bits per heavy atom. The average molecular weight is 397 g/mol. The Balaban J connectivity index is 1.31. The number of fused-ring (bicyclic) bond motifs is 2. The first kappa shape index (κ1) is 18.9. The Bertz CT molecular complexity index is 892. The topological polar surface area (TPSA) is 74.6 Å². The third-order valence-electron chi connectivity index (χ3n) is 6.86. The number of carbonyl (C=O) groups excluding carboxylic acids is 1. The first-order valence-electron chi connectivity index (χ1n) is 11.2. The minimum atomic E-state index is 0.0702. The molecule has 2 aromatic rings. The van der Waals surface area contributed by atoms with Crippen LogP contribution in [-0.2, 0) is 17.6 Å². The Kier molecular flexibility index (Phi) is 4.94. The van der Waals surface area contributed by atoms with E-state index in [1.54, 1.807) is 0 Å².